The molecule has 0 unspecified atom stereocenters. The molecule has 0 heterocycles. The van der Waals surface area contributed by atoms with Gasteiger partial charge in [0.05, 0.1) is 0 Å². The van der Waals surface area contributed by atoms with E-state index in [4.69, 9.17) is 10.2 Å². The zero-order chi connectivity index (χ0) is 15.9. The second-order valence-corrected chi connectivity index (χ2v) is 5.55. The van der Waals surface area contributed by atoms with Gasteiger partial charge in [0.15, 0.2) is 0 Å². The maximum absolute atomic E-state index is 11.0. The van der Waals surface area contributed by atoms with E-state index in [0.717, 1.165) is 64.2 Å². The number of carboxylic acids is 2. The standard InChI is InChI=1S/C17H30O4/c1-2-3-12-15(17(20)21)13-10-8-6-4-5-7-9-11-14-16(18)19/h12H,2-11,13-14H2,1H3,(H,18,19)(H,20,21). The van der Waals surface area contributed by atoms with Crippen molar-refractivity contribution in [3.63, 3.8) is 0 Å². The van der Waals surface area contributed by atoms with Crippen LogP contribution in [0.25, 0.3) is 0 Å². The van der Waals surface area contributed by atoms with E-state index in [-0.39, 0.29) is 6.42 Å². The van der Waals surface area contributed by atoms with E-state index in [1.807, 2.05) is 13.0 Å². The molecule has 0 bridgehead atoms. The second kappa shape index (κ2) is 13.7. The van der Waals surface area contributed by atoms with Crippen LogP contribution in [0, 0.1) is 0 Å². The SMILES string of the molecule is CCCC=C(CCCCCCCCCCC(=O)O)C(=O)O. The molecular weight excluding hydrogens is 268 g/mol. The first-order chi connectivity index (χ1) is 10.1. The molecule has 0 saturated heterocycles. The normalized spacial score (nSPS) is 11.6. The predicted molar refractivity (Wildman–Crippen MR) is 84.4 cm³/mol. The van der Waals surface area contributed by atoms with Gasteiger partial charge in [-0.3, -0.25) is 4.79 Å². The van der Waals surface area contributed by atoms with Crippen molar-refractivity contribution in [3.8, 4) is 0 Å². The fourth-order valence-corrected chi connectivity index (χ4v) is 2.27. The molecule has 0 fully saturated rings. The van der Waals surface area contributed by atoms with Gasteiger partial charge in [-0.25, -0.2) is 4.79 Å². The lowest BCUT2D eigenvalue weighted by Crippen LogP contribution is -2.00. The lowest BCUT2D eigenvalue weighted by molar-refractivity contribution is -0.137. The molecule has 0 spiro atoms. The smallest absolute Gasteiger partial charge is 0.331 e. The first-order valence-corrected chi connectivity index (χ1v) is 8.22. The van der Waals surface area contributed by atoms with Gasteiger partial charge in [-0.05, 0) is 25.7 Å². The summed E-state index contributed by atoms with van der Waals surface area (Å²) in [5.74, 6) is -1.48. The van der Waals surface area contributed by atoms with Crippen molar-refractivity contribution in [2.75, 3.05) is 0 Å². The van der Waals surface area contributed by atoms with Crippen LogP contribution < -0.4 is 0 Å². The second-order valence-electron chi connectivity index (χ2n) is 5.55. The molecule has 0 aromatic rings. The van der Waals surface area contributed by atoms with E-state index in [2.05, 4.69) is 0 Å². The minimum Gasteiger partial charge on any atom is -0.481 e. The van der Waals surface area contributed by atoms with Gasteiger partial charge >= 0.3 is 11.9 Å². The first kappa shape index (κ1) is 19.7. The van der Waals surface area contributed by atoms with E-state index in [1.54, 1.807) is 0 Å². The molecule has 2 N–H and O–H groups in total. The minimum absolute atomic E-state index is 0.280. The van der Waals surface area contributed by atoms with Crippen molar-refractivity contribution >= 4 is 11.9 Å². The van der Waals surface area contributed by atoms with Gasteiger partial charge in [0.25, 0.3) is 0 Å². The van der Waals surface area contributed by atoms with Crippen molar-refractivity contribution in [3.05, 3.63) is 11.6 Å². The summed E-state index contributed by atoms with van der Waals surface area (Å²) >= 11 is 0. The highest BCUT2D eigenvalue weighted by atomic mass is 16.4. The molecule has 0 saturated carbocycles. The Morgan fingerprint density at radius 2 is 1.29 bits per heavy atom. The zero-order valence-electron chi connectivity index (χ0n) is 13.3. The van der Waals surface area contributed by atoms with Crippen LogP contribution in [0.2, 0.25) is 0 Å². The molecule has 122 valence electrons. The Labute approximate surface area is 128 Å². The fraction of sp³-hybridized carbons (Fsp3) is 0.765. The molecule has 0 aliphatic carbocycles. The maximum Gasteiger partial charge on any atom is 0.331 e. The van der Waals surface area contributed by atoms with Crippen molar-refractivity contribution < 1.29 is 19.8 Å². The highest BCUT2D eigenvalue weighted by Crippen LogP contribution is 2.14. The van der Waals surface area contributed by atoms with Crippen LogP contribution in [0.15, 0.2) is 11.6 Å². The third-order valence-corrected chi connectivity index (χ3v) is 3.54. The predicted octanol–water partition coefficient (Wildman–Crippen LogP) is 4.78. The van der Waals surface area contributed by atoms with Crippen LogP contribution in [-0.4, -0.2) is 22.2 Å². The Balaban J connectivity index is 3.46. The van der Waals surface area contributed by atoms with Gasteiger partial charge < -0.3 is 10.2 Å². The topological polar surface area (TPSA) is 74.6 Å². The number of allylic oxidation sites excluding steroid dienone is 1. The Kier molecular flexibility index (Phi) is 12.8. The Bertz CT molecular complexity index is 321. The molecule has 0 radical (unpaired) electrons. The fourth-order valence-electron chi connectivity index (χ4n) is 2.27. The van der Waals surface area contributed by atoms with E-state index in [1.165, 1.54) is 0 Å². The quantitative estimate of drug-likeness (QED) is 0.357. The van der Waals surface area contributed by atoms with Gasteiger partial charge in [-0.1, -0.05) is 57.9 Å². The summed E-state index contributed by atoms with van der Waals surface area (Å²) in [6.45, 7) is 2.05. The average molecular weight is 298 g/mol. The Morgan fingerprint density at radius 1 is 0.810 bits per heavy atom. The van der Waals surface area contributed by atoms with Crippen molar-refractivity contribution in [1.29, 1.82) is 0 Å². The monoisotopic (exact) mass is 298 g/mol. The van der Waals surface area contributed by atoms with Gasteiger partial charge in [0.1, 0.15) is 0 Å². The Hall–Kier alpha value is -1.32. The lowest BCUT2D eigenvalue weighted by atomic mass is 10.0. The number of rotatable bonds is 14. The largest absolute Gasteiger partial charge is 0.481 e. The van der Waals surface area contributed by atoms with Gasteiger partial charge in [-0.15, -0.1) is 0 Å². The molecule has 21 heavy (non-hydrogen) atoms. The summed E-state index contributed by atoms with van der Waals surface area (Å²) in [5, 5.41) is 17.6. The maximum atomic E-state index is 11.0. The third kappa shape index (κ3) is 13.4. The lowest BCUT2D eigenvalue weighted by Gasteiger charge is -2.04. The highest BCUT2D eigenvalue weighted by molar-refractivity contribution is 5.86. The van der Waals surface area contributed by atoms with Crippen LogP contribution >= 0.6 is 0 Å². The number of carbonyl (C=O) groups is 2. The van der Waals surface area contributed by atoms with Gasteiger partial charge in [-0.2, -0.15) is 0 Å². The average Bonchev–Trinajstić information content (AvgIpc) is 2.43. The summed E-state index contributed by atoms with van der Waals surface area (Å²) in [6, 6.07) is 0. The molecule has 0 amide bonds. The molecule has 4 nitrogen and oxygen atoms in total. The van der Waals surface area contributed by atoms with Crippen LogP contribution in [0.5, 0.6) is 0 Å². The number of hydrogen-bond acceptors (Lipinski definition) is 2. The molecule has 0 rings (SSSR count). The van der Waals surface area contributed by atoms with E-state index < -0.39 is 11.9 Å². The zero-order valence-corrected chi connectivity index (χ0v) is 13.3. The van der Waals surface area contributed by atoms with Crippen molar-refractivity contribution in [1.82, 2.24) is 0 Å². The summed E-state index contributed by atoms with van der Waals surface area (Å²) < 4.78 is 0. The van der Waals surface area contributed by atoms with Crippen LogP contribution in [0.4, 0.5) is 0 Å². The van der Waals surface area contributed by atoms with Crippen molar-refractivity contribution in [2.24, 2.45) is 0 Å². The van der Waals surface area contributed by atoms with Crippen LogP contribution in [0.3, 0.4) is 0 Å². The molecule has 0 aliphatic heterocycles. The van der Waals surface area contributed by atoms with Crippen LogP contribution in [-0.2, 0) is 9.59 Å². The first-order valence-electron chi connectivity index (χ1n) is 8.22. The highest BCUT2D eigenvalue weighted by Gasteiger charge is 2.05. The van der Waals surface area contributed by atoms with Gasteiger partial charge in [0.2, 0.25) is 0 Å². The van der Waals surface area contributed by atoms with E-state index in [0.29, 0.717) is 12.0 Å². The number of aliphatic carboxylic acids is 2. The summed E-state index contributed by atoms with van der Waals surface area (Å²) in [7, 11) is 0. The van der Waals surface area contributed by atoms with Crippen molar-refractivity contribution in [2.45, 2.75) is 84.0 Å². The summed E-state index contributed by atoms with van der Waals surface area (Å²) in [4.78, 5) is 21.3. The number of hydrogen-bond donors (Lipinski definition) is 2. The number of unbranched alkanes of at least 4 members (excludes halogenated alkanes) is 8. The number of carboxylic acid groups (broad SMARTS) is 2. The summed E-state index contributed by atoms with van der Waals surface area (Å²) in [5.41, 5.74) is 0.561. The van der Waals surface area contributed by atoms with Gasteiger partial charge in [0, 0.05) is 12.0 Å². The summed E-state index contributed by atoms with van der Waals surface area (Å²) in [6.07, 6.45) is 13.0. The van der Waals surface area contributed by atoms with E-state index in [9.17, 15) is 9.59 Å². The molecule has 0 aromatic heterocycles. The molecular formula is C17H30O4. The van der Waals surface area contributed by atoms with Crippen LogP contribution in [0.1, 0.15) is 84.0 Å². The molecule has 0 atom stereocenters. The Morgan fingerprint density at radius 3 is 1.71 bits per heavy atom. The molecule has 4 heteroatoms. The van der Waals surface area contributed by atoms with E-state index >= 15 is 0 Å². The molecule has 0 aromatic carbocycles. The minimum atomic E-state index is -0.776. The third-order valence-electron chi connectivity index (χ3n) is 3.54. The molecule has 0 aliphatic rings.